The number of methoxy groups -OCH3 is 1. The largest absolute Gasteiger partial charge is 0.385 e. The van der Waals surface area contributed by atoms with Crippen molar-refractivity contribution in [1.82, 2.24) is 5.32 Å². The number of para-hydroxylation sites is 1. The molecule has 7 heteroatoms. The van der Waals surface area contributed by atoms with Gasteiger partial charge in [-0.05, 0) is 49.1 Å². The molecule has 0 fully saturated rings. The van der Waals surface area contributed by atoms with E-state index in [1.807, 2.05) is 24.3 Å². The first-order valence-electron chi connectivity index (χ1n) is 8.36. The zero-order valence-corrected chi connectivity index (χ0v) is 16.0. The average molecular weight is 383 g/mol. The molecule has 0 aromatic heterocycles. The maximum Gasteiger partial charge on any atom is 0.264 e. The predicted octanol–water partition coefficient (Wildman–Crippen LogP) is 3.30. The van der Waals surface area contributed by atoms with Crippen LogP contribution in [0.5, 0.6) is 0 Å². The molecule has 5 nitrogen and oxygen atoms in total. The van der Waals surface area contributed by atoms with Crippen molar-refractivity contribution in [1.29, 1.82) is 0 Å². The van der Waals surface area contributed by atoms with Crippen LogP contribution in [0, 0.1) is 0 Å². The van der Waals surface area contributed by atoms with Crippen LogP contribution in [-0.2, 0) is 14.8 Å². The fourth-order valence-electron chi connectivity index (χ4n) is 3.39. The molecule has 0 bridgehead atoms. The number of hydrogen-bond acceptors (Lipinski definition) is 4. The van der Waals surface area contributed by atoms with Gasteiger partial charge in [0.2, 0.25) is 0 Å². The molecule has 0 saturated carbocycles. The highest BCUT2D eigenvalue weighted by atomic mass is 35.5. The van der Waals surface area contributed by atoms with Gasteiger partial charge in [-0.2, -0.15) is 0 Å². The van der Waals surface area contributed by atoms with Crippen LogP contribution >= 0.6 is 11.6 Å². The standard InChI is InChI=1S/C18H23ClN2O3S/c1-21-16-7-4-3-6-14(16)18(20-10-5-11-24-2)15-9-8-13(19)12-17(15)25(21,22)23/h3-4,6-7,12,18,20H,5,8-11H2,1-2H3. The maximum absolute atomic E-state index is 13.1. The number of halogens is 1. The molecule has 1 aliphatic heterocycles. The third kappa shape index (κ3) is 3.49. The van der Waals surface area contributed by atoms with Crippen LogP contribution in [0.4, 0.5) is 5.69 Å². The van der Waals surface area contributed by atoms with Crippen LogP contribution in [0.15, 0.2) is 45.9 Å². The molecule has 0 spiro atoms. The summed E-state index contributed by atoms with van der Waals surface area (Å²) in [7, 11) is -0.349. The summed E-state index contributed by atoms with van der Waals surface area (Å²) < 4.78 is 32.7. The maximum atomic E-state index is 13.1. The number of benzene rings is 1. The van der Waals surface area contributed by atoms with Gasteiger partial charge in [-0.25, -0.2) is 8.42 Å². The second-order valence-corrected chi connectivity index (χ2v) is 8.67. The van der Waals surface area contributed by atoms with Crippen LogP contribution < -0.4 is 9.62 Å². The minimum absolute atomic E-state index is 0.149. The van der Waals surface area contributed by atoms with E-state index in [2.05, 4.69) is 5.32 Å². The average Bonchev–Trinajstić information content (AvgIpc) is 2.67. The van der Waals surface area contributed by atoms with Crippen LogP contribution in [0.3, 0.4) is 0 Å². The smallest absolute Gasteiger partial charge is 0.264 e. The lowest BCUT2D eigenvalue weighted by atomic mass is 9.91. The highest BCUT2D eigenvalue weighted by molar-refractivity contribution is 7.96. The summed E-state index contributed by atoms with van der Waals surface area (Å²) in [4.78, 5) is 0.326. The Hall–Kier alpha value is -1.34. The number of hydrogen-bond donors (Lipinski definition) is 1. The third-order valence-electron chi connectivity index (χ3n) is 4.68. The van der Waals surface area contributed by atoms with Crippen LogP contribution in [0.1, 0.15) is 30.9 Å². The zero-order chi connectivity index (χ0) is 18.0. The number of nitrogens with zero attached hydrogens (tertiary/aromatic N) is 1. The fourth-order valence-corrected chi connectivity index (χ4v) is 5.22. The van der Waals surface area contributed by atoms with Gasteiger partial charge < -0.3 is 10.1 Å². The Labute approximate surface area is 154 Å². The molecule has 1 aromatic rings. The number of nitrogens with one attached hydrogen (secondary N) is 1. The second-order valence-electron chi connectivity index (χ2n) is 6.25. The third-order valence-corrected chi connectivity index (χ3v) is 6.84. The minimum Gasteiger partial charge on any atom is -0.385 e. The van der Waals surface area contributed by atoms with Gasteiger partial charge in [-0.1, -0.05) is 29.8 Å². The molecule has 1 heterocycles. The minimum atomic E-state index is -3.63. The van der Waals surface area contributed by atoms with E-state index in [1.54, 1.807) is 20.2 Å². The van der Waals surface area contributed by atoms with Gasteiger partial charge in [-0.15, -0.1) is 0 Å². The van der Waals surface area contributed by atoms with E-state index < -0.39 is 10.0 Å². The number of rotatable bonds is 5. The Morgan fingerprint density at radius 1 is 1.32 bits per heavy atom. The van der Waals surface area contributed by atoms with Crippen molar-refractivity contribution in [3.8, 4) is 0 Å². The van der Waals surface area contributed by atoms with Crippen LogP contribution in [0.25, 0.3) is 0 Å². The first-order chi connectivity index (χ1) is 12.0. The van der Waals surface area contributed by atoms with Gasteiger partial charge in [0.25, 0.3) is 10.0 Å². The van der Waals surface area contributed by atoms with Crippen molar-refractivity contribution in [2.75, 3.05) is 31.6 Å². The summed E-state index contributed by atoms with van der Waals surface area (Å²) in [6.07, 6.45) is 3.77. The summed E-state index contributed by atoms with van der Waals surface area (Å²) in [5.74, 6) is 0. The van der Waals surface area contributed by atoms with Crippen molar-refractivity contribution in [3.05, 3.63) is 51.4 Å². The highest BCUT2D eigenvalue weighted by Crippen LogP contribution is 2.44. The molecule has 1 N–H and O–H groups in total. The van der Waals surface area contributed by atoms with Gasteiger partial charge in [0.15, 0.2) is 0 Å². The first kappa shape index (κ1) is 18.5. The summed E-state index contributed by atoms with van der Waals surface area (Å²) in [6, 6.07) is 7.50. The summed E-state index contributed by atoms with van der Waals surface area (Å²) in [5, 5.41) is 4.11. The molecule has 25 heavy (non-hydrogen) atoms. The zero-order valence-electron chi connectivity index (χ0n) is 14.5. The highest BCUT2D eigenvalue weighted by Gasteiger charge is 2.37. The SMILES string of the molecule is COCCCNC1C2=C(C=C(Cl)CC2)S(=O)(=O)N(C)c2ccccc21. The number of sulfonamides is 1. The van der Waals surface area contributed by atoms with E-state index >= 15 is 0 Å². The van der Waals surface area contributed by atoms with Crippen molar-refractivity contribution in [2.24, 2.45) is 0 Å². The molecular weight excluding hydrogens is 360 g/mol. The molecule has 1 atom stereocenters. The van der Waals surface area contributed by atoms with Gasteiger partial charge >= 0.3 is 0 Å². The Bertz CT molecular complexity index is 817. The van der Waals surface area contributed by atoms with Crippen molar-refractivity contribution in [2.45, 2.75) is 25.3 Å². The Morgan fingerprint density at radius 2 is 2.08 bits per heavy atom. The van der Waals surface area contributed by atoms with E-state index in [1.165, 1.54) is 4.31 Å². The molecular formula is C18H23ClN2O3S. The lowest BCUT2D eigenvalue weighted by molar-refractivity contribution is 0.193. The molecule has 0 radical (unpaired) electrons. The second kappa shape index (κ2) is 7.50. The van der Waals surface area contributed by atoms with E-state index in [-0.39, 0.29) is 6.04 Å². The lowest BCUT2D eigenvalue weighted by Crippen LogP contribution is -2.27. The van der Waals surface area contributed by atoms with Crippen LogP contribution in [-0.4, -0.2) is 35.7 Å². The van der Waals surface area contributed by atoms with E-state index in [4.69, 9.17) is 16.3 Å². The Kier molecular flexibility index (Phi) is 5.53. The van der Waals surface area contributed by atoms with Gasteiger partial charge in [0.05, 0.1) is 16.6 Å². The topological polar surface area (TPSA) is 58.6 Å². The monoisotopic (exact) mass is 382 g/mol. The molecule has 0 saturated heterocycles. The lowest BCUT2D eigenvalue weighted by Gasteiger charge is -2.25. The van der Waals surface area contributed by atoms with Crippen molar-refractivity contribution < 1.29 is 13.2 Å². The summed E-state index contributed by atoms with van der Waals surface area (Å²) in [6.45, 7) is 1.40. The number of anilines is 1. The van der Waals surface area contributed by atoms with Gasteiger partial charge in [0, 0.05) is 25.8 Å². The van der Waals surface area contributed by atoms with Crippen molar-refractivity contribution in [3.63, 3.8) is 0 Å². The summed E-state index contributed by atoms with van der Waals surface area (Å²) >= 11 is 6.18. The molecule has 3 rings (SSSR count). The van der Waals surface area contributed by atoms with E-state index in [9.17, 15) is 8.42 Å². The van der Waals surface area contributed by atoms with E-state index in [0.717, 1.165) is 24.1 Å². The molecule has 1 aromatic carbocycles. The van der Waals surface area contributed by atoms with Gasteiger partial charge in [-0.3, -0.25) is 4.31 Å². The van der Waals surface area contributed by atoms with E-state index in [0.29, 0.717) is 35.1 Å². The number of fused-ring (bicyclic) bond motifs is 1. The molecule has 0 amide bonds. The van der Waals surface area contributed by atoms with Gasteiger partial charge in [0.1, 0.15) is 0 Å². The fraction of sp³-hybridized carbons (Fsp3) is 0.444. The molecule has 1 aliphatic carbocycles. The Balaban J connectivity index is 2.11. The molecule has 1 unspecified atom stereocenters. The molecule has 2 aliphatic rings. The van der Waals surface area contributed by atoms with Crippen molar-refractivity contribution >= 4 is 27.3 Å². The summed E-state index contributed by atoms with van der Waals surface area (Å²) in [5.41, 5.74) is 2.56. The quantitative estimate of drug-likeness (QED) is 0.794. The number of ether oxygens (including phenoxy) is 1. The first-order valence-corrected chi connectivity index (χ1v) is 10.2. The predicted molar refractivity (Wildman–Crippen MR) is 101 cm³/mol. The Morgan fingerprint density at radius 3 is 2.84 bits per heavy atom. The molecule has 136 valence electrons. The number of allylic oxidation sites excluding steroid dienone is 2. The normalized spacial score (nSPS) is 22.1. The van der Waals surface area contributed by atoms with Crippen LogP contribution in [0.2, 0.25) is 0 Å².